The zero-order chi connectivity index (χ0) is 7.14. The van der Waals surface area contributed by atoms with Crippen molar-refractivity contribution in [3.63, 3.8) is 0 Å². The number of nitrogens with zero attached hydrogens (tertiary/aromatic N) is 1. The van der Waals surface area contributed by atoms with E-state index in [2.05, 4.69) is 0 Å². The van der Waals surface area contributed by atoms with Crippen molar-refractivity contribution in [2.45, 2.75) is 11.8 Å². The average Bonchev–Trinajstić information content (AvgIpc) is 1.92. The van der Waals surface area contributed by atoms with E-state index in [1.165, 1.54) is 0 Å². The number of amides is 1. The normalized spacial score (nSPS) is 31.6. The van der Waals surface area contributed by atoms with Gasteiger partial charge < -0.3 is 4.90 Å². The van der Waals surface area contributed by atoms with Crippen molar-refractivity contribution < 1.29 is 9.59 Å². The summed E-state index contributed by atoms with van der Waals surface area (Å²) in [5.74, 6) is 0.897. The van der Waals surface area contributed by atoms with Crippen molar-refractivity contribution in [3.8, 4) is 0 Å². The molecule has 0 spiro atoms. The lowest BCUT2D eigenvalue weighted by atomic mass is 10.2. The van der Waals surface area contributed by atoms with Gasteiger partial charge in [-0.3, -0.25) is 9.59 Å². The monoisotopic (exact) mass is 157 g/mol. The molecule has 54 valence electrons. The van der Waals surface area contributed by atoms with Crippen LogP contribution in [-0.4, -0.2) is 34.3 Å². The number of Topliss-reactive ketones (excluding diaryl/α,β-unsaturated/α-hetero) is 1. The number of hydrogen-bond donors (Lipinski definition) is 0. The van der Waals surface area contributed by atoms with Gasteiger partial charge in [0.15, 0.2) is 5.78 Å². The fraction of sp³-hybridized carbons (Fsp3) is 0.667. The number of β-lactam (4-membered cyclic amide) rings is 1. The fourth-order valence-corrected chi connectivity index (χ4v) is 2.29. The van der Waals surface area contributed by atoms with Gasteiger partial charge in [-0.2, -0.15) is 0 Å². The maximum Gasteiger partial charge on any atom is 0.226 e. The van der Waals surface area contributed by atoms with Gasteiger partial charge in [-0.1, -0.05) is 0 Å². The van der Waals surface area contributed by atoms with E-state index in [1.807, 2.05) is 0 Å². The van der Waals surface area contributed by atoms with Crippen LogP contribution < -0.4 is 0 Å². The Morgan fingerprint density at radius 1 is 1.50 bits per heavy atom. The molecule has 2 heterocycles. The van der Waals surface area contributed by atoms with Crippen LogP contribution in [-0.2, 0) is 9.59 Å². The molecule has 2 fully saturated rings. The zero-order valence-corrected chi connectivity index (χ0v) is 6.19. The molecule has 0 aromatic carbocycles. The van der Waals surface area contributed by atoms with Gasteiger partial charge in [-0.05, 0) is 0 Å². The molecule has 2 saturated heterocycles. The zero-order valence-electron chi connectivity index (χ0n) is 5.37. The van der Waals surface area contributed by atoms with E-state index in [9.17, 15) is 9.59 Å². The summed E-state index contributed by atoms with van der Waals surface area (Å²) < 4.78 is 0. The van der Waals surface area contributed by atoms with Crippen molar-refractivity contribution in [3.05, 3.63) is 0 Å². The molecule has 2 aliphatic heterocycles. The number of carbonyl (C=O) groups is 2. The van der Waals surface area contributed by atoms with Gasteiger partial charge >= 0.3 is 0 Å². The molecule has 1 atom stereocenters. The third kappa shape index (κ3) is 0.751. The van der Waals surface area contributed by atoms with Gasteiger partial charge in [0.2, 0.25) is 5.91 Å². The van der Waals surface area contributed by atoms with E-state index < -0.39 is 0 Å². The summed E-state index contributed by atoms with van der Waals surface area (Å²) in [4.78, 5) is 23.2. The van der Waals surface area contributed by atoms with Crippen molar-refractivity contribution >= 4 is 23.5 Å². The number of carbonyl (C=O) groups excluding carboxylic acids is 2. The smallest absolute Gasteiger partial charge is 0.226 e. The van der Waals surface area contributed by atoms with Gasteiger partial charge in [-0.15, -0.1) is 11.8 Å². The lowest BCUT2D eigenvalue weighted by Gasteiger charge is -2.42. The van der Waals surface area contributed by atoms with Crippen LogP contribution in [0.5, 0.6) is 0 Å². The molecule has 0 aromatic rings. The summed E-state index contributed by atoms with van der Waals surface area (Å²) in [6.07, 6.45) is 0.637. The first-order valence-corrected chi connectivity index (χ1v) is 4.25. The number of fused-ring (bicyclic) bond motifs is 1. The molecule has 1 amide bonds. The predicted octanol–water partition coefficient (Wildman–Crippen LogP) is -0.139. The van der Waals surface area contributed by atoms with E-state index in [4.69, 9.17) is 0 Å². The quantitative estimate of drug-likeness (QED) is 0.459. The minimum absolute atomic E-state index is 0.130. The van der Waals surface area contributed by atoms with Crippen LogP contribution in [0.1, 0.15) is 6.42 Å². The second-order valence-corrected chi connectivity index (χ2v) is 3.70. The first-order chi connectivity index (χ1) is 4.77. The highest BCUT2D eigenvalue weighted by molar-refractivity contribution is 8.00. The Kier molecular flexibility index (Phi) is 1.23. The number of rotatable bonds is 0. The molecule has 2 aliphatic rings. The molecular weight excluding hydrogens is 150 g/mol. The van der Waals surface area contributed by atoms with Gasteiger partial charge in [0.1, 0.15) is 0 Å². The Balaban J connectivity index is 2.07. The standard InChI is InChI=1S/C6H7NO2S/c8-4-2-7-5(9)1-6(7)10-3-4/h6H,1-3H2. The largest absolute Gasteiger partial charge is 0.323 e. The molecule has 0 radical (unpaired) electrons. The van der Waals surface area contributed by atoms with Crippen LogP contribution in [0, 0.1) is 0 Å². The maximum atomic E-state index is 10.8. The molecule has 4 heteroatoms. The summed E-state index contributed by atoms with van der Waals surface area (Å²) in [7, 11) is 0. The highest BCUT2D eigenvalue weighted by Crippen LogP contribution is 2.32. The first kappa shape index (κ1) is 6.22. The van der Waals surface area contributed by atoms with E-state index in [-0.39, 0.29) is 11.7 Å². The van der Waals surface area contributed by atoms with Gasteiger partial charge in [0, 0.05) is 0 Å². The fourth-order valence-electron chi connectivity index (χ4n) is 1.19. The van der Waals surface area contributed by atoms with E-state index in [1.54, 1.807) is 16.7 Å². The first-order valence-electron chi connectivity index (χ1n) is 3.20. The molecule has 0 bridgehead atoms. The summed E-state index contributed by atoms with van der Waals surface area (Å²) in [5.41, 5.74) is 0. The van der Waals surface area contributed by atoms with Crippen molar-refractivity contribution in [1.82, 2.24) is 4.90 Å². The summed E-state index contributed by atoms with van der Waals surface area (Å²) in [6.45, 7) is 0.358. The SMILES string of the molecule is O=C1CSC2CC(=O)N2C1. The Hall–Kier alpha value is -0.510. The van der Waals surface area contributed by atoms with E-state index in [0.717, 1.165) is 0 Å². The minimum Gasteiger partial charge on any atom is -0.323 e. The average molecular weight is 157 g/mol. The third-order valence-corrected chi connectivity index (χ3v) is 3.10. The lowest BCUT2D eigenvalue weighted by Crippen LogP contribution is -2.55. The van der Waals surface area contributed by atoms with Crippen LogP contribution in [0.15, 0.2) is 0 Å². The minimum atomic E-state index is 0.130. The van der Waals surface area contributed by atoms with E-state index >= 15 is 0 Å². The molecule has 10 heavy (non-hydrogen) atoms. The molecule has 0 saturated carbocycles. The summed E-state index contributed by atoms with van der Waals surface area (Å²) in [6, 6.07) is 0. The Morgan fingerprint density at radius 2 is 2.30 bits per heavy atom. The second kappa shape index (κ2) is 1.99. The van der Waals surface area contributed by atoms with Crippen molar-refractivity contribution in [2.75, 3.05) is 12.3 Å². The molecule has 0 N–H and O–H groups in total. The Labute approximate surface area is 62.8 Å². The topological polar surface area (TPSA) is 37.4 Å². The lowest BCUT2D eigenvalue weighted by molar-refractivity contribution is -0.145. The van der Waals surface area contributed by atoms with Crippen LogP contribution in [0.4, 0.5) is 0 Å². The van der Waals surface area contributed by atoms with Gasteiger partial charge in [0.25, 0.3) is 0 Å². The van der Waals surface area contributed by atoms with Gasteiger partial charge in [0.05, 0.1) is 24.1 Å². The molecule has 0 aromatic heterocycles. The predicted molar refractivity (Wildman–Crippen MR) is 37.6 cm³/mol. The van der Waals surface area contributed by atoms with Crippen LogP contribution in [0.25, 0.3) is 0 Å². The molecule has 3 nitrogen and oxygen atoms in total. The van der Waals surface area contributed by atoms with E-state index in [0.29, 0.717) is 24.1 Å². The highest BCUT2D eigenvalue weighted by atomic mass is 32.2. The van der Waals surface area contributed by atoms with Crippen molar-refractivity contribution in [2.24, 2.45) is 0 Å². The van der Waals surface area contributed by atoms with Crippen molar-refractivity contribution in [1.29, 1.82) is 0 Å². The third-order valence-electron chi connectivity index (χ3n) is 1.80. The number of thioether (sulfide) groups is 1. The molecule has 0 aliphatic carbocycles. The summed E-state index contributed by atoms with van der Waals surface area (Å²) in [5, 5.41) is 0.324. The van der Waals surface area contributed by atoms with Crippen LogP contribution in [0.3, 0.4) is 0 Å². The second-order valence-electron chi connectivity index (χ2n) is 2.53. The number of hydrogen-bond acceptors (Lipinski definition) is 3. The molecule has 1 unspecified atom stereocenters. The number of ketones is 1. The Bertz CT molecular complexity index is 198. The maximum absolute atomic E-state index is 10.8. The Morgan fingerprint density at radius 3 is 2.90 bits per heavy atom. The van der Waals surface area contributed by atoms with Crippen LogP contribution >= 0.6 is 11.8 Å². The van der Waals surface area contributed by atoms with Crippen LogP contribution in [0.2, 0.25) is 0 Å². The molecular formula is C6H7NO2S. The molecule has 2 rings (SSSR count). The summed E-state index contributed by atoms with van der Waals surface area (Å²) >= 11 is 1.58. The van der Waals surface area contributed by atoms with Gasteiger partial charge in [-0.25, -0.2) is 0 Å². The highest BCUT2D eigenvalue weighted by Gasteiger charge is 2.40.